The normalized spacial score (nSPS) is 25.2. The van der Waals surface area contributed by atoms with E-state index in [1.165, 1.54) is 4.90 Å². The van der Waals surface area contributed by atoms with Crippen LogP contribution in [-0.4, -0.2) is 46.6 Å². The van der Waals surface area contributed by atoms with Gasteiger partial charge in [-0.25, -0.2) is 13.6 Å². The van der Waals surface area contributed by atoms with Crippen LogP contribution in [0.3, 0.4) is 0 Å². The second-order valence-electron chi connectivity index (χ2n) is 4.66. The number of carbonyl (C=O) groups excluding carboxylic acids is 1. The molecule has 2 fully saturated rings. The van der Waals surface area contributed by atoms with E-state index in [0.717, 1.165) is 0 Å². The van der Waals surface area contributed by atoms with Crippen LogP contribution in [0.2, 0.25) is 0 Å². The summed E-state index contributed by atoms with van der Waals surface area (Å²) in [5.74, 6) is -3.07. The molecule has 5 nitrogen and oxygen atoms in total. The molecular weight excluding hydrogens is 234 g/mol. The van der Waals surface area contributed by atoms with Gasteiger partial charge in [-0.1, -0.05) is 0 Å². The van der Waals surface area contributed by atoms with Crippen molar-refractivity contribution in [2.45, 2.75) is 37.1 Å². The summed E-state index contributed by atoms with van der Waals surface area (Å²) in [6.45, 7) is -0.0102. The summed E-state index contributed by atoms with van der Waals surface area (Å²) in [5, 5.41) is 10.8. The third-order valence-corrected chi connectivity index (χ3v) is 3.29. The first-order chi connectivity index (χ1) is 7.85. The monoisotopic (exact) mass is 248 g/mol. The Labute approximate surface area is 96.8 Å². The second kappa shape index (κ2) is 3.82. The van der Waals surface area contributed by atoms with Gasteiger partial charge in [-0.2, -0.15) is 0 Å². The predicted molar refractivity (Wildman–Crippen MR) is 53.9 cm³/mol. The van der Waals surface area contributed by atoms with E-state index in [4.69, 9.17) is 5.11 Å². The number of piperidine rings is 1. The van der Waals surface area contributed by atoms with Crippen molar-refractivity contribution in [1.29, 1.82) is 0 Å². The molecule has 1 aliphatic heterocycles. The van der Waals surface area contributed by atoms with Crippen LogP contribution in [0.15, 0.2) is 0 Å². The molecule has 1 aliphatic carbocycles. The number of carboxylic acid groups (broad SMARTS) is 1. The van der Waals surface area contributed by atoms with Crippen LogP contribution in [0.25, 0.3) is 0 Å². The minimum Gasteiger partial charge on any atom is -0.465 e. The van der Waals surface area contributed by atoms with E-state index < -0.39 is 17.6 Å². The lowest BCUT2D eigenvalue weighted by Crippen LogP contribution is -2.53. The van der Waals surface area contributed by atoms with Crippen molar-refractivity contribution in [1.82, 2.24) is 10.2 Å². The third kappa shape index (κ3) is 2.48. The Morgan fingerprint density at radius 1 is 1.12 bits per heavy atom. The van der Waals surface area contributed by atoms with Gasteiger partial charge < -0.3 is 15.3 Å². The maximum Gasteiger partial charge on any atom is 0.405 e. The lowest BCUT2D eigenvalue weighted by molar-refractivity contribution is -0.140. The number of hydrogen-bond donors (Lipinski definition) is 2. The fourth-order valence-electron chi connectivity index (χ4n) is 2.06. The van der Waals surface area contributed by atoms with E-state index in [9.17, 15) is 18.4 Å². The van der Waals surface area contributed by atoms with Gasteiger partial charge in [0.05, 0.1) is 0 Å². The molecule has 96 valence electrons. The number of hydrogen-bond acceptors (Lipinski definition) is 2. The Bertz CT molecular complexity index is 345. The highest BCUT2D eigenvalue weighted by Crippen LogP contribution is 2.39. The highest BCUT2D eigenvalue weighted by atomic mass is 19.3. The van der Waals surface area contributed by atoms with Gasteiger partial charge in [0.2, 0.25) is 5.91 Å². The molecule has 0 aromatic rings. The standard InChI is InChI=1S/C10H14F2N2O3/c11-10(12)3-5-14(6-4-10)7(15)9(1-2-9)13-8(16)17/h13H,1-6H2,(H,16,17). The number of nitrogens with one attached hydrogen (secondary N) is 1. The summed E-state index contributed by atoms with van der Waals surface area (Å²) in [4.78, 5) is 23.9. The third-order valence-electron chi connectivity index (χ3n) is 3.29. The van der Waals surface area contributed by atoms with Crippen LogP contribution < -0.4 is 5.32 Å². The first kappa shape index (κ1) is 12.1. The number of nitrogens with zero attached hydrogens (tertiary/aromatic N) is 1. The van der Waals surface area contributed by atoms with Crippen molar-refractivity contribution in [2.24, 2.45) is 0 Å². The zero-order valence-corrected chi connectivity index (χ0v) is 9.21. The van der Waals surface area contributed by atoms with Gasteiger partial charge in [-0.05, 0) is 12.8 Å². The van der Waals surface area contributed by atoms with E-state index in [-0.39, 0.29) is 31.8 Å². The molecule has 0 spiro atoms. The minimum atomic E-state index is -2.70. The van der Waals surface area contributed by atoms with Crippen LogP contribution in [0.1, 0.15) is 25.7 Å². The van der Waals surface area contributed by atoms with Crippen LogP contribution in [-0.2, 0) is 4.79 Å². The number of likely N-dealkylation sites (tertiary alicyclic amines) is 1. The first-order valence-electron chi connectivity index (χ1n) is 5.53. The maximum atomic E-state index is 12.9. The maximum absolute atomic E-state index is 12.9. The first-order valence-corrected chi connectivity index (χ1v) is 5.53. The molecule has 2 rings (SSSR count). The second-order valence-corrected chi connectivity index (χ2v) is 4.66. The number of rotatable bonds is 2. The Balaban J connectivity index is 1.95. The molecule has 1 saturated heterocycles. The topological polar surface area (TPSA) is 69.6 Å². The van der Waals surface area contributed by atoms with Crippen molar-refractivity contribution >= 4 is 12.0 Å². The Morgan fingerprint density at radius 2 is 1.65 bits per heavy atom. The number of carbonyl (C=O) groups is 2. The van der Waals surface area contributed by atoms with Gasteiger partial charge in [0.15, 0.2) is 0 Å². The lowest BCUT2D eigenvalue weighted by atomic mass is 10.1. The molecular formula is C10H14F2N2O3. The molecule has 2 amide bonds. The molecule has 1 saturated carbocycles. The average Bonchev–Trinajstić information content (AvgIpc) is 2.97. The summed E-state index contributed by atoms with van der Waals surface area (Å²) >= 11 is 0. The summed E-state index contributed by atoms with van der Waals surface area (Å²) in [7, 11) is 0. The molecule has 2 aliphatic rings. The SMILES string of the molecule is O=C(O)NC1(C(=O)N2CCC(F)(F)CC2)CC1. The molecule has 0 aromatic heterocycles. The number of halogens is 2. The van der Waals surface area contributed by atoms with Crippen LogP contribution in [0.5, 0.6) is 0 Å². The van der Waals surface area contributed by atoms with Crippen molar-refractivity contribution in [3.05, 3.63) is 0 Å². The van der Waals surface area contributed by atoms with E-state index >= 15 is 0 Å². The van der Waals surface area contributed by atoms with Crippen molar-refractivity contribution < 1.29 is 23.5 Å². The van der Waals surface area contributed by atoms with Crippen molar-refractivity contribution in [3.63, 3.8) is 0 Å². The van der Waals surface area contributed by atoms with Crippen molar-refractivity contribution in [3.8, 4) is 0 Å². The molecule has 17 heavy (non-hydrogen) atoms. The predicted octanol–water partition coefficient (Wildman–Crippen LogP) is 1.04. The fourth-order valence-corrected chi connectivity index (χ4v) is 2.06. The molecule has 0 bridgehead atoms. The van der Waals surface area contributed by atoms with E-state index in [2.05, 4.69) is 5.32 Å². The summed E-state index contributed by atoms with van der Waals surface area (Å²) in [5.41, 5.74) is -1.04. The Hall–Kier alpha value is -1.40. The van der Waals surface area contributed by atoms with Gasteiger partial charge in [-0.3, -0.25) is 4.79 Å². The van der Waals surface area contributed by atoms with Crippen LogP contribution in [0, 0.1) is 0 Å². The molecule has 2 N–H and O–H groups in total. The Morgan fingerprint density at radius 3 is 2.06 bits per heavy atom. The zero-order chi connectivity index (χ0) is 12.7. The highest BCUT2D eigenvalue weighted by molar-refractivity contribution is 5.92. The van der Waals surface area contributed by atoms with Crippen LogP contribution in [0.4, 0.5) is 13.6 Å². The zero-order valence-electron chi connectivity index (χ0n) is 9.21. The molecule has 0 unspecified atom stereocenters. The van der Waals surface area contributed by atoms with Gasteiger partial charge in [0.1, 0.15) is 5.54 Å². The fraction of sp³-hybridized carbons (Fsp3) is 0.800. The van der Waals surface area contributed by atoms with E-state index in [0.29, 0.717) is 12.8 Å². The van der Waals surface area contributed by atoms with Gasteiger partial charge in [-0.15, -0.1) is 0 Å². The summed E-state index contributed by atoms with van der Waals surface area (Å²) in [6, 6.07) is 0. The summed E-state index contributed by atoms with van der Waals surface area (Å²) in [6.07, 6.45) is -1.04. The average molecular weight is 248 g/mol. The van der Waals surface area contributed by atoms with Gasteiger partial charge in [0.25, 0.3) is 5.92 Å². The largest absolute Gasteiger partial charge is 0.465 e. The smallest absolute Gasteiger partial charge is 0.405 e. The lowest BCUT2D eigenvalue weighted by Gasteiger charge is -2.34. The molecule has 0 aromatic carbocycles. The number of alkyl halides is 2. The van der Waals surface area contributed by atoms with E-state index in [1.807, 2.05) is 0 Å². The molecule has 0 radical (unpaired) electrons. The van der Waals surface area contributed by atoms with Gasteiger partial charge in [0, 0.05) is 25.9 Å². The quantitative estimate of drug-likeness (QED) is 0.767. The van der Waals surface area contributed by atoms with Crippen molar-refractivity contribution in [2.75, 3.05) is 13.1 Å². The Kier molecular flexibility index (Phi) is 2.71. The summed E-state index contributed by atoms with van der Waals surface area (Å²) < 4.78 is 25.8. The molecule has 7 heteroatoms. The van der Waals surface area contributed by atoms with Gasteiger partial charge >= 0.3 is 6.09 Å². The highest BCUT2D eigenvalue weighted by Gasteiger charge is 2.54. The number of amides is 2. The minimum absolute atomic E-state index is 0.00508. The molecule has 0 atom stereocenters. The molecule has 1 heterocycles. The van der Waals surface area contributed by atoms with Crippen LogP contribution >= 0.6 is 0 Å². The van der Waals surface area contributed by atoms with E-state index in [1.54, 1.807) is 0 Å².